The van der Waals surface area contributed by atoms with E-state index in [1.807, 2.05) is 0 Å². The van der Waals surface area contributed by atoms with Gasteiger partial charge in [0.1, 0.15) is 5.82 Å². The Morgan fingerprint density at radius 3 is 2.27 bits per heavy atom. The van der Waals surface area contributed by atoms with Crippen molar-refractivity contribution >= 4 is 10.8 Å². The van der Waals surface area contributed by atoms with Crippen molar-refractivity contribution in [3.63, 3.8) is 0 Å². The minimum atomic E-state index is -4.75. The number of alkyl halides is 3. The van der Waals surface area contributed by atoms with Crippen LogP contribution in [-0.4, -0.2) is 19.8 Å². The molecule has 0 aliphatic carbocycles. The van der Waals surface area contributed by atoms with Gasteiger partial charge in [-0.25, -0.2) is 4.39 Å². The van der Waals surface area contributed by atoms with Gasteiger partial charge in [0.2, 0.25) is 0 Å². The minimum absolute atomic E-state index is 0.145. The van der Waals surface area contributed by atoms with Gasteiger partial charge < -0.3 is 5.11 Å². The fourth-order valence-electron chi connectivity index (χ4n) is 3.55. The van der Waals surface area contributed by atoms with E-state index < -0.39 is 34.0 Å². The zero-order valence-electron chi connectivity index (χ0n) is 11.7. The molecule has 0 spiro atoms. The van der Waals surface area contributed by atoms with E-state index in [0.717, 1.165) is 31.4 Å². The maximum absolute atomic E-state index is 13.7. The second-order valence-corrected chi connectivity index (χ2v) is 8.13. The fraction of sp³-hybridized carbons (Fsp3) is 0.600. The van der Waals surface area contributed by atoms with Gasteiger partial charge in [-0.3, -0.25) is 4.21 Å². The summed E-state index contributed by atoms with van der Waals surface area (Å²) in [4.78, 5) is 0. The number of fused-ring (bicyclic) bond motifs is 2. The maximum atomic E-state index is 13.7. The molecule has 2 bridgehead atoms. The molecule has 0 radical (unpaired) electrons. The van der Waals surface area contributed by atoms with Crippen LogP contribution in [0.3, 0.4) is 0 Å². The highest BCUT2D eigenvalue weighted by molar-refractivity contribution is 7.86. The predicted octanol–water partition coefficient (Wildman–Crippen LogP) is 3.50. The number of rotatable bonds is 1. The molecule has 0 aromatic heterocycles. The van der Waals surface area contributed by atoms with Gasteiger partial charge in [0.05, 0.1) is 11.2 Å². The second kappa shape index (κ2) is 5.30. The first-order valence-electron chi connectivity index (χ1n) is 7.20. The van der Waals surface area contributed by atoms with E-state index in [4.69, 9.17) is 0 Å². The van der Waals surface area contributed by atoms with Crippen LogP contribution >= 0.6 is 0 Å². The lowest BCUT2D eigenvalue weighted by molar-refractivity contribution is -0.140. The zero-order chi connectivity index (χ0) is 16.1. The Bertz CT molecular complexity index is 598. The van der Waals surface area contributed by atoms with E-state index >= 15 is 0 Å². The third kappa shape index (κ3) is 2.69. The number of benzene rings is 1. The molecule has 2 fully saturated rings. The molecule has 2 atom stereocenters. The van der Waals surface area contributed by atoms with Crippen LogP contribution in [0.5, 0.6) is 0 Å². The first-order valence-corrected chi connectivity index (χ1v) is 8.47. The number of halogens is 4. The molecule has 2 saturated heterocycles. The van der Waals surface area contributed by atoms with Crippen LogP contribution in [0.15, 0.2) is 18.2 Å². The molecular weight excluding hydrogens is 320 g/mol. The van der Waals surface area contributed by atoms with Crippen LogP contribution in [0.2, 0.25) is 0 Å². The van der Waals surface area contributed by atoms with Crippen molar-refractivity contribution < 1.29 is 26.9 Å². The van der Waals surface area contributed by atoms with Crippen molar-refractivity contribution in [1.29, 1.82) is 0 Å². The average molecular weight is 336 g/mol. The third-order valence-corrected chi connectivity index (χ3v) is 6.77. The van der Waals surface area contributed by atoms with Crippen molar-refractivity contribution in [1.82, 2.24) is 0 Å². The molecule has 1 aromatic carbocycles. The molecule has 3 rings (SSSR count). The first kappa shape index (κ1) is 15.9. The molecule has 1 N–H and O–H groups in total. The van der Waals surface area contributed by atoms with Crippen LogP contribution in [-0.2, 0) is 22.6 Å². The lowest BCUT2D eigenvalue weighted by Gasteiger charge is -2.43. The SMILES string of the molecule is O=S1C2CCCC1CC(O)(c1ccc(C(F)(F)F)c(F)c1)C2. The Hall–Kier alpha value is -0.950. The van der Waals surface area contributed by atoms with E-state index in [9.17, 15) is 26.9 Å². The smallest absolute Gasteiger partial charge is 0.385 e. The maximum Gasteiger partial charge on any atom is 0.419 e. The molecule has 122 valence electrons. The Labute approximate surface area is 128 Å². The minimum Gasteiger partial charge on any atom is -0.385 e. The van der Waals surface area contributed by atoms with Crippen LogP contribution in [0.1, 0.15) is 43.2 Å². The van der Waals surface area contributed by atoms with E-state index in [-0.39, 0.29) is 28.9 Å². The topological polar surface area (TPSA) is 37.3 Å². The average Bonchev–Trinajstić information content (AvgIpc) is 2.39. The quantitative estimate of drug-likeness (QED) is 0.797. The summed E-state index contributed by atoms with van der Waals surface area (Å²) in [5, 5.41) is 10.5. The third-order valence-electron chi connectivity index (χ3n) is 4.65. The van der Waals surface area contributed by atoms with Gasteiger partial charge >= 0.3 is 6.18 Å². The Morgan fingerprint density at radius 2 is 1.77 bits per heavy atom. The summed E-state index contributed by atoms with van der Waals surface area (Å²) < 4.78 is 63.7. The van der Waals surface area contributed by atoms with Gasteiger partial charge in [0, 0.05) is 21.3 Å². The Balaban J connectivity index is 1.94. The van der Waals surface area contributed by atoms with Crippen LogP contribution in [0, 0.1) is 5.82 Å². The molecule has 2 unspecified atom stereocenters. The lowest BCUT2D eigenvalue weighted by Crippen LogP contribution is -2.47. The molecule has 22 heavy (non-hydrogen) atoms. The normalized spacial score (nSPS) is 35.4. The molecule has 0 saturated carbocycles. The standard InChI is InChI=1S/C15H16F4O2S/c16-13-6-9(4-5-12(13)15(17,18)19)14(20)7-10-2-1-3-11(8-14)22(10)21/h4-6,10-11,20H,1-3,7-8H2. The van der Waals surface area contributed by atoms with Crippen molar-refractivity contribution in [3.8, 4) is 0 Å². The molecule has 2 aliphatic rings. The summed E-state index contributed by atoms with van der Waals surface area (Å²) in [6.07, 6.45) is -1.93. The van der Waals surface area contributed by atoms with Gasteiger partial charge in [0.15, 0.2) is 0 Å². The van der Waals surface area contributed by atoms with Crippen molar-refractivity contribution in [2.75, 3.05) is 0 Å². The summed E-state index contributed by atoms with van der Waals surface area (Å²) in [5.41, 5.74) is -2.58. The summed E-state index contributed by atoms with van der Waals surface area (Å²) in [6.45, 7) is 0. The summed E-state index contributed by atoms with van der Waals surface area (Å²) in [6, 6.07) is 2.58. The van der Waals surface area contributed by atoms with Gasteiger partial charge in [-0.1, -0.05) is 12.5 Å². The molecule has 1 aromatic rings. The predicted molar refractivity (Wildman–Crippen MR) is 74.1 cm³/mol. The van der Waals surface area contributed by atoms with Gasteiger partial charge in [-0.2, -0.15) is 13.2 Å². The molecule has 7 heteroatoms. The van der Waals surface area contributed by atoms with Crippen LogP contribution < -0.4 is 0 Å². The summed E-state index contributed by atoms with van der Waals surface area (Å²) >= 11 is 0. The number of aliphatic hydroxyl groups is 1. The highest BCUT2D eigenvalue weighted by Gasteiger charge is 2.47. The summed E-state index contributed by atoms with van der Waals surface area (Å²) in [7, 11) is -1.01. The van der Waals surface area contributed by atoms with Crippen molar-refractivity contribution in [2.45, 2.75) is 54.4 Å². The van der Waals surface area contributed by atoms with E-state index in [1.165, 1.54) is 0 Å². The van der Waals surface area contributed by atoms with Gasteiger partial charge in [-0.15, -0.1) is 0 Å². The highest BCUT2D eigenvalue weighted by Crippen LogP contribution is 2.45. The Kier molecular flexibility index (Phi) is 3.84. The van der Waals surface area contributed by atoms with E-state index in [2.05, 4.69) is 0 Å². The molecule has 2 nitrogen and oxygen atoms in total. The van der Waals surface area contributed by atoms with Crippen LogP contribution in [0.4, 0.5) is 17.6 Å². The molecule has 2 heterocycles. The molecular formula is C15H16F4O2S. The summed E-state index contributed by atoms with van der Waals surface area (Å²) in [5.74, 6) is -1.38. The van der Waals surface area contributed by atoms with E-state index in [0.29, 0.717) is 6.07 Å². The Morgan fingerprint density at radius 1 is 1.18 bits per heavy atom. The zero-order valence-corrected chi connectivity index (χ0v) is 12.5. The fourth-order valence-corrected chi connectivity index (χ4v) is 5.78. The van der Waals surface area contributed by atoms with Gasteiger partial charge in [-0.05, 0) is 43.4 Å². The highest BCUT2D eigenvalue weighted by atomic mass is 32.2. The van der Waals surface area contributed by atoms with Crippen molar-refractivity contribution in [2.24, 2.45) is 0 Å². The second-order valence-electron chi connectivity index (χ2n) is 6.14. The van der Waals surface area contributed by atoms with E-state index in [1.54, 1.807) is 0 Å². The van der Waals surface area contributed by atoms with Gasteiger partial charge in [0.25, 0.3) is 0 Å². The van der Waals surface area contributed by atoms with Crippen LogP contribution in [0.25, 0.3) is 0 Å². The first-order chi connectivity index (χ1) is 10.2. The monoisotopic (exact) mass is 336 g/mol. The van der Waals surface area contributed by atoms with Crippen molar-refractivity contribution in [3.05, 3.63) is 35.1 Å². The largest absolute Gasteiger partial charge is 0.419 e. The molecule has 2 aliphatic heterocycles. The number of hydrogen-bond donors (Lipinski definition) is 1. The molecule has 0 amide bonds. The lowest BCUT2D eigenvalue weighted by atomic mass is 9.80. The number of hydrogen-bond acceptors (Lipinski definition) is 2.